The fourth-order valence-electron chi connectivity index (χ4n) is 2.88. The first-order chi connectivity index (χ1) is 10.7. The van der Waals surface area contributed by atoms with Crippen LogP contribution in [0, 0.1) is 6.92 Å². The van der Waals surface area contributed by atoms with E-state index >= 15 is 0 Å². The summed E-state index contributed by atoms with van der Waals surface area (Å²) in [5, 5.41) is 2.76. The fraction of sp³-hybridized carbons (Fsp3) is 0.500. The van der Waals surface area contributed by atoms with Gasteiger partial charge < -0.3 is 15.1 Å². The first-order valence-electron chi connectivity index (χ1n) is 7.68. The van der Waals surface area contributed by atoms with Crippen LogP contribution in [0.1, 0.15) is 30.7 Å². The van der Waals surface area contributed by atoms with Gasteiger partial charge in [0.25, 0.3) is 0 Å². The van der Waals surface area contributed by atoms with Gasteiger partial charge in [-0.25, -0.2) is 4.98 Å². The van der Waals surface area contributed by atoms with E-state index in [1.807, 2.05) is 29.3 Å². The van der Waals surface area contributed by atoms with Crippen molar-refractivity contribution in [2.24, 2.45) is 5.73 Å². The van der Waals surface area contributed by atoms with Gasteiger partial charge in [-0.05, 0) is 38.3 Å². The predicted octanol–water partition coefficient (Wildman–Crippen LogP) is 3.44. The lowest BCUT2D eigenvalue weighted by Gasteiger charge is -2.35. The van der Waals surface area contributed by atoms with E-state index in [1.54, 1.807) is 0 Å². The molecule has 3 heterocycles. The summed E-state index contributed by atoms with van der Waals surface area (Å²) < 4.78 is 5.57. The van der Waals surface area contributed by atoms with E-state index in [-0.39, 0.29) is 36.8 Å². The lowest BCUT2D eigenvalue weighted by molar-refractivity contribution is -0.133. The molecule has 1 unspecified atom stereocenters. The quantitative estimate of drug-likeness (QED) is 0.865. The van der Waals surface area contributed by atoms with E-state index in [0.717, 1.165) is 48.0 Å². The van der Waals surface area contributed by atoms with Crippen molar-refractivity contribution in [1.29, 1.82) is 0 Å². The van der Waals surface area contributed by atoms with Crippen LogP contribution >= 0.6 is 36.2 Å². The van der Waals surface area contributed by atoms with Crippen LogP contribution in [0.15, 0.2) is 21.9 Å². The van der Waals surface area contributed by atoms with Gasteiger partial charge in [0.05, 0.1) is 12.1 Å². The number of furan rings is 1. The third-order valence-corrected chi connectivity index (χ3v) is 4.96. The molecule has 0 saturated carbocycles. The van der Waals surface area contributed by atoms with Crippen molar-refractivity contribution in [3.63, 3.8) is 0 Å². The number of thiazole rings is 1. The molecule has 0 bridgehead atoms. The van der Waals surface area contributed by atoms with Crippen LogP contribution in [-0.4, -0.2) is 34.9 Å². The van der Waals surface area contributed by atoms with Crippen molar-refractivity contribution in [2.45, 2.75) is 38.6 Å². The van der Waals surface area contributed by atoms with Gasteiger partial charge in [0.1, 0.15) is 5.76 Å². The van der Waals surface area contributed by atoms with Gasteiger partial charge in [-0.1, -0.05) is 0 Å². The number of rotatable bonds is 4. The maximum atomic E-state index is 12.5. The average Bonchev–Trinajstić information content (AvgIpc) is 3.16. The highest BCUT2D eigenvalue weighted by atomic mass is 35.5. The molecular formula is C16H23Cl2N3O2S. The Morgan fingerprint density at radius 3 is 2.88 bits per heavy atom. The summed E-state index contributed by atoms with van der Waals surface area (Å²) >= 11 is 1.51. The molecule has 2 aromatic heterocycles. The number of nitrogens with zero attached hydrogens (tertiary/aromatic N) is 2. The van der Waals surface area contributed by atoms with Crippen LogP contribution in [0.3, 0.4) is 0 Å². The van der Waals surface area contributed by atoms with Gasteiger partial charge in [0.15, 0.2) is 10.8 Å². The summed E-state index contributed by atoms with van der Waals surface area (Å²) in [6.07, 6.45) is 3.57. The third kappa shape index (κ3) is 4.72. The molecule has 8 heteroatoms. The molecule has 1 fully saturated rings. The molecule has 1 atom stereocenters. The Hall–Kier alpha value is -1.08. The van der Waals surface area contributed by atoms with Gasteiger partial charge in [-0.3, -0.25) is 4.79 Å². The topological polar surface area (TPSA) is 72.4 Å². The van der Waals surface area contributed by atoms with Crippen LogP contribution in [0.25, 0.3) is 10.8 Å². The summed E-state index contributed by atoms with van der Waals surface area (Å²) in [4.78, 5) is 19.0. The normalized spacial score (nSPS) is 17.1. The van der Waals surface area contributed by atoms with Crippen molar-refractivity contribution in [3.8, 4) is 10.8 Å². The summed E-state index contributed by atoms with van der Waals surface area (Å²) in [7, 11) is 0. The number of aryl methyl sites for hydroxylation is 1. The van der Waals surface area contributed by atoms with E-state index in [2.05, 4.69) is 4.98 Å². The Bertz CT molecular complexity index is 659. The Balaban J connectivity index is 0.00000144. The van der Waals surface area contributed by atoms with Crippen LogP contribution in [0.4, 0.5) is 0 Å². The summed E-state index contributed by atoms with van der Waals surface area (Å²) in [5.74, 6) is 1.75. The van der Waals surface area contributed by atoms with Crippen LogP contribution in [0.5, 0.6) is 0 Å². The number of likely N-dealkylation sites (tertiary alicyclic amines) is 1. The van der Waals surface area contributed by atoms with E-state index < -0.39 is 0 Å². The first kappa shape index (κ1) is 21.0. The molecule has 1 aliphatic rings. The minimum Gasteiger partial charge on any atom is -0.459 e. The highest BCUT2D eigenvalue weighted by Gasteiger charge is 2.26. The van der Waals surface area contributed by atoms with Crippen LogP contribution < -0.4 is 5.73 Å². The van der Waals surface area contributed by atoms with Crippen molar-refractivity contribution in [3.05, 3.63) is 29.0 Å². The summed E-state index contributed by atoms with van der Waals surface area (Å²) in [6, 6.07) is 4.02. The Morgan fingerprint density at radius 1 is 1.42 bits per heavy atom. The zero-order valence-electron chi connectivity index (χ0n) is 13.6. The highest BCUT2D eigenvalue weighted by molar-refractivity contribution is 7.13. The van der Waals surface area contributed by atoms with Gasteiger partial charge in [-0.15, -0.1) is 36.2 Å². The SMILES string of the molecule is Cc1ccc(-c2nc(CC(=O)N3CCCCC3CN)cs2)o1.Cl.Cl. The highest BCUT2D eigenvalue weighted by Crippen LogP contribution is 2.26. The third-order valence-electron chi connectivity index (χ3n) is 4.05. The standard InChI is InChI=1S/C16H21N3O2S.2ClH/c1-11-5-6-14(21-11)16-18-12(10-22-16)8-15(20)19-7-3-2-4-13(19)9-17;;/h5-6,10,13H,2-4,7-9,17H2,1H3;2*1H. The van der Waals surface area contributed by atoms with Gasteiger partial charge in [0.2, 0.25) is 5.91 Å². The minimum atomic E-state index is 0. The molecule has 1 aliphatic heterocycles. The molecule has 24 heavy (non-hydrogen) atoms. The zero-order chi connectivity index (χ0) is 15.5. The molecule has 3 rings (SSSR count). The molecule has 2 aromatic rings. The molecule has 1 saturated heterocycles. The van der Waals surface area contributed by atoms with E-state index in [1.165, 1.54) is 11.3 Å². The first-order valence-corrected chi connectivity index (χ1v) is 8.56. The smallest absolute Gasteiger partial charge is 0.228 e. The average molecular weight is 392 g/mol. The van der Waals surface area contributed by atoms with Crippen molar-refractivity contribution < 1.29 is 9.21 Å². The molecule has 2 N–H and O–H groups in total. The van der Waals surface area contributed by atoms with Crippen LogP contribution in [0.2, 0.25) is 0 Å². The number of carbonyl (C=O) groups excluding carboxylic acids is 1. The monoisotopic (exact) mass is 391 g/mol. The molecule has 0 aliphatic carbocycles. The number of nitrogens with two attached hydrogens (primary N) is 1. The second-order valence-electron chi connectivity index (χ2n) is 5.70. The molecule has 1 amide bonds. The summed E-state index contributed by atoms with van der Waals surface area (Å²) in [6.45, 7) is 3.26. The molecule has 5 nitrogen and oxygen atoms in total. The largest absolute Gasteiger partial charge is 0.459 e. The predicted molar refractivity (Wildman–Crippen MR) is 101 cm³/mol. The maximum Gasteiger partial charge on any atom is 0.228 e. The number of hydrogen-bond donors (Lipinski definition) is 1. The molecular weight excluding hydrogens is 369 g/mol. The molecule has 134 valence electrons. The fourth-order valence-corrected chi connectivity index (χ4v) is 3.66. The number of amides is 1. The van der Waals surface area contributed by atoms with E-state index in [0.29, 0.717) is 13.0 Å². The maximum absolute atomic E-state index is 12.5. The van der Waals surface area contributed by atoms with E-state index in [4.69, 9.17) is 10.2 Å². The number of carbonyl (C=O) groups is 1. The molecule has 0 aromatic carbocycles. The number of halogens is 2. The number of hydrogen-bond acceptors (Lipinski definition) is 5. The number of aromatic nitrogens is 1. The molecule has 0 radical (unpaired) electrons. The van der Waals surface area contributed by atoms with Crippen molar-refractivity contribution in [1.82, 2.24) is 9.88 Å². The van der Waals surface area contributed by atoms with Crippen LogP contribution in [-0.2, 0) is 11.2 Å². The summed E-state index contributed by atoms with van der Waals surface area (Å²) in [5.41, 5.74) is 6.59. The van der Waals surface area contributed by atoms with Gasteiger partial charge in [0, 0.05) is 24.5 Å². The van der Waals surface area contributed by atoms with Gasteiger partial charge >= 0.3 is 0 Å². The molecule has 0 spiro atoms. The zero-order valence-corrected chi connectivity index (χ0v) is 16.0. The van der Waals surface area contributed by atoms with E-state index in [9.17, 15) is 4.79 Å². The minimum absolute atomic E-state index is 0. The second-order valence-corrected chi connectivity index (χ2v) is 6.56. The van der Waals surface area contributed by atoms with Gasteiger partial charge in [-0.2, -0.15) is 0 Å². The second kappa shape index (κ2) is 9.42. The Kier molecular flexibility index (Phi) is 8.22. The lowest BCUT2D eigenvalue weighted by atomic mass is 10.0. The van der Waals surface area contributed by atoms with Crippen molar-refractivity contribution in [2.75, 3.05) is 13.1 Å². The Labute approximate surface area is 158 Å². The number of piperidine rings is 1. The lowest BCUT2D eigenvalue weighted by Crippen LogP contribution is -2.48. The Morgan fingerprint density at radius 2 is 2.21 bits per heavy atom. The van der Waals surface area contributed by atoms with Crippen molar-refractivity contribution >= 4 is 42.1 Å².